The molecule has 1 saturated heterocycles. The third-order valence-electron chi connectivity index (χ3n) is 7.31. The summed E-state index contributed by atoms with van der Waals surface area (Å²) in [7, 11) is 1.33. The van der Waals surface area contributed by atoms with Crippen molar-refractivity contribution < 1.29 is 33.6 Å². The summed E-state index contributed by atoms with van der Waals surface area (Å²) in [5.74, 6) is -0.457. The number of fused-ring (bicyclic) bond motifs is 1. The Kier molecular flexibility index (Phi) is 14.2. The number of unbranched alkanes of at least 4 members (excludes halogenated alkanes) is 3. The van der Waals surface area contributed by atoms with E-state index in [1.165, 1.54) is 7.11 Å². The van der Waals surface area contributed by atoms with Gasteiger partial charge in [0.2, 0.25) is 0 Å². The molecular weight excluding hydrogens is 536 g/mol. The lowest BCUT2D eigenvalue weighted by Gasteiger charge is -2.45. The summed E-state index contributed by atoms with van der Waals surface area (Å²) in [5, 5.41) is 12.7. The van der Waals surface area contributed by atoms with Crippen molar-refractivity contribution in [2.24, 2.45) is 0 Å². The zero-order valence-electron chi connectivity index (χ0n) is 24.4. The number of halogens is 1. The van der Waals surface area contributed by atoms with Crippen LogP contribution >= 0.6 is 11.8 Å². The van der Waals surface area contributed by atoms with Gasteiger partial charge in [-0.05, 0) is 42.7 Å². The van der Waals surface area contributed by atoms with Crippen LogP contribution in [0.1, 0.15) is 71.1 Å². The summed E-state index contributed by atoms with van der Waals surface area (Å²) in [6.07, 6.45) is 4.72. The summed E-state index contributed by atoms with van der Waals surface area (Å²) in [5.41, 5.74) is 1.73. The van der Waals surface area contributed by atoms with E-state index in [9.17, 15) is 9.90 Å². The predicted molar refractivity (Wildman–Crippen MR) is 155 cm³/mol. The van der Waals surface area contributed by atoms with E-state index in [0.717, 1.165) is 55.0 Å². The van der Waals surface area contributed by atoms with Gasteiger partial charge in [-0.15, -0.1) is 0 Å². The van der Waals surface area contributed by atoms with Gasteiger partial charge in [0, 0.05) is 37.8 Å². The Morgan fingerprint density at radius 2 is 1.70 bits per heavy atom. The molecule has 1 aliphatic heterocycles. The van der Waals surface area contributed by atoms with E-state index in [0.29, 0.717) is 32.8 Å². The highest BCUT2D eigenvalue weighted by atomic mass is 35.5. The number of carbonyl (C=O) groups excluding carboxylic acids is 1. The standard InChI is InChI=1S/C30H47ClN2O7/c1-5-8-15-37-20-25-27(38-16-9-6-2)28(39-17-10-7-3)26(34)29(40-25)33-19-21(18-23(32-31)30(35)36-4)22-13-11-12-14-24(22)33/h11-14,19,23,25-29,32,34H,5-10,15-18,20H2,1-4H3/t23-,25-,26+,27-,28-,29+/m1/s1. The predicted octanol–water partition coefficient (Wildman–Crippen LogP) is 4.91. The highest BCUT2D eigenvalue weighted by Gasteiger charge is 2.48. The van der Waals surface area contributed by atoms with Gasteiger partial charge in [-0.25, -0.2) is 4.84 Å². The second kappa shape index (κ2) is 17.3. The molecule has 1 aliphatic rings. The summed E-state index contributed by atoms with van der Waals surface area (Å²) in [6, 6.07) is 7.10. The van der Waals surface area contributed by atoms with Gasteiger partial charge in [0.25, 0.3) is 0 Å². The van der Waals surface area contributed by atoms with Gasteiger partial charge >= 0.3 is 5.97 Å². The van der Waals surface area contributed by atoms with Gasteiger partial charge in [-0.3, -0.25) is 4.79 Å². The largest absolute Gasteiger partial charge is 0.468 e. The fourth-order valence-electron chi connectivity index (χ4n) is 5.02. The number of nitrogens with zero attached hydrogens (tertiary/aromatic N) is 1. The van der Waals surface area contributed by atoms with E-state index < -0.39 is 42.7 Å². The number of rotatable bonds is 18. The molecule has 40 heavy (non-hydrogen) atoms. The minimum absolute atomic E-state index is 0.301. The molecule has 6 atom stereocenters. The first kappa shape index (κ1) is 32.8. The third kappa shape index (κ3) is 8.41. The Bertz CT molecular complexity index is 1020. The van der Waals surface area contributed by atoms with Gasteiger partial charge in [-0.1, -0.05) is 58.2 Å². The zero-order chi connectivity index (χ0) is 28.9. The molecule has 3 rings (SSSR count). The Hall–Kier alpha value is -1.72. The van der Waals surface area contributed by atoms with Crippen LogP contribution in [-0.2, 0) is 34.9 Å². The van der Waals surface area contributed by atoms with Crippen molar-refractivity contribution in [3.63, 3.8) is 0 Å². The molecule has 0 amide bonds. The van der Waals surface area contributed by atoms with Crippen LogP contribution in [0.4, 0.5) is 0 Å². The minimum atomic E-state index is -0.999. The monoisotopic (exact) mass is 582 g/mol. The Labute approximate surface area is 243 Å². The van der Waals surface area contributed by atoms with E-state index in [2.05, 4.69) is 25.6 Å². The van der Waals surface area contributed by atoms with Gasteiger partial charge in [0.05, 0.1) is 19.2 Å². The quantitative estimate of drug-likeness (QED) is 0.145. The van der Waals surface area contributed by atoms with Crippen molar-refractivity contribution in [3.8, 4) is 0 Å². The number of benzene rings is 1. The molecule has 226 valence electrons. The number of carbonyl (C=O) groups is 1. The molecule has 0 unspecified atom stereocenters. The van der Waals surface area contributed by atoms with Crippen LogP contribution in [0.25, 0.3) is 10.9 Å². The van der Waals surface area contributed by atoms with Crippen LogP contribution < -0.4 is 4.84 Å². The van der Waals surface area contributed by atoms with Crippen LogP contribution in [0.2, 0.25) is 0 Å². The van der Waals surface area contributed by atoms with Crippen molar-refractivity contribution in [1.82, 2.24) is 9.40 Å². The molecule has 9 nitrogen and oxygen atoms in total. The highest BCUT2D eigenvalue weighted by Crippen LogP contribution is 2.36. The molecule has 1 fully saturated rings. The van der Waals surface area contributed by atoms with Crippen molar-refractivity contribution in [3.05, 3.63) is 36.0 Å². The maximum atomic E-state index is 12.3. The van der Waals surface area contributed by atoms with Crippen LogP contribution in [0.5, 0.6) is 0 Å². The van der Waals surface area contributed by atoms with Gasteiger partial charge in [0.15, 0.2) is 6.23 Å². The van der Waals surface area contributed by atoms with Crippen LogP contribution in [-0.4, -0.2) is 79.6 Å². The number of ether oxygens (including phenoxy) is 5. The summed E-state index contributed by atoms with van der Waals surface area (Å²) in [4.78, 5) is 14.8. The number of esters is 1. The number of hydrogen-bond acceptors (Lipinski definition) is 8. The molecule has 0 bridgehead atoms. The maximum Gasteiger partial charge on any atom is 0.324 e. The Morgan fingerprint density at radius 1 is 1.05 bits per heavy atom. The van der Waals surface area contributed by atoms with Gasteiger partial charge in [0.1, 0.15) is 30.5 Å². The fraction of sp³-hybridized carbons (Fsp3) is 0.700. The number of nitrogens with one attached hydrogen (secondary N) is 1. The molecule has 0 spiro atoms. The van der Waals surface area contributed by atoms with Gasteiger partial charge < -0.3 is 33.4 Å². The summed E-state index contributed by atoms with van der Waals surface area (Å²) >= 11 is 5.89. The normalized spacial score (nSPS) is 23.9. The molecule has 0 radical (unpaired) electrons. The SMILES string of the molecule is CCCCOC[C@H]1O[C@H](n2cc(C[C@@H](NCl)C(=O)OC)c3ccccc32)[C@@H](O)[C@@H](OCCCC)[C@@H]1OCCCC. The molecule has 1 aromatic carbocycles. The van der Waals surface area contributed by atoms with E-state index in [1.54, 1.807) is 0 Å². The topological polar surface area (TPSA) is 100 Å². The molecule has 2 N–H and O–H groups in total. The van der Waals surface area contributed by atoms with Gasteiger partial charge in [-0.2, -0.15) is 0 Å². The lowest BCUT2D eigenvalue weighted by molar-refractivity contribution is -0.273. The molecule has 0 aliphatic carbocycles. The molecule has 2 aromatic rings. The summed E-state index contributed by atoms with van der Waals surface area (Å²) in [6.45, 7) is 8.38. The molecule has 1 aromatic heterocycles. The lowest BCUT2D eigenvalue weighted by Crippen LogP contribution is -2.58. The van der Waals surface area contributed by atoms with Crippen molar-refractivity contribution in [1.29, 1.82) is 0 Å². The Morgan fingerprint density at radius 3 is 2.35 bits per heavy atom. The number of para-hydroxylation sites is 1. The number of hydrogen-bond donors (Lipinski definition) is 2. The van der Waals surface area contributed by atoms with Crippen molar-refractivity contribution in [2.45, 2.75) is 102 Å². The van der Waals surface area contributed by atoms with E-state index >= 15 is 0 Å². The average molecular weight is 583 g/mol. The zero-order valence-corrected chi connectivity index (χ0v) is 25.1. The minimum Gasteiger partial charge on any atom is -0.468 e. The molecule has 10 heteroatoms. The van der Waals surface area contributed by atoms with E-state index in [4.69, 9.17) is 35.5 Å². The van der Waals surface area contributed by atoms with Crippen LogP contribution in [0.3, 0.4) is 0 Å². The fourth-order valence-corrected chi connectivity index (χ4v) is 5.18. The smallest absolute Gasteiger partial charge is 0.324 e. The number of methoxy groups -OCH3 is 1. The van der Waals surface area contributed by atoms with E-state index in [1.807, 2.05) is 35.0 Å². The molecular formula is C30H47ClN2O7. The average Bonchev–Trinajstić information content (AvgIpc) is 3.33. The number of aliphatic hydroxyl groups excluding tert-OH is 1. The summed E-state index contributed by atoms with van der Waals surface area (Å²) < 4.78 is 32.1. The van der Waals surface area contributed by atoms with E-state index in [-0.39, 0.29) is 0 Å². The van der Waals surface area contributed by atoms with Crippen LogP contribution in [0.15, 0.2) is 30.5 Å². The van der Waals surface area contributed by atoms with Crippen LogP contribution in [0, 0.1) is 0 Å². The highest BCUT2D eigenvalue weighted by molar-refractivity contribution is 6.14. The van der Waals surface area contributed by atoms with Crippen molar-refractivity contribution in [2.75, 3.05) is 33.5 Å². The number of aliphatic hydroxyl groups is 1. The second-order valence-corrected chi connectivity index (χ2v) is 10.5. The maximum absolute atomic E-state index is 12.3. The lowest BCUT2D eigenvalue weighted by atomic mass is 9.97. The first-order valence-electron chi connectivity index (χ1n) is 14.7. The second-order valence-electron chi connectivity index (χ2n) is 10.3. The first-order chi connectivity index (χ1) is 19.5. The third-order valence-corrected chi connectivity index (χ3v) is 7.58. The first-order valence-corrected chi connectivity index (χ1v) is 15.0. The Balaban J connectivity index is 1.98. The van der Waals surface area contributed by atoms with Crippen molar-refractivity contribution >= 4 is 28.6 Å². The number of aromatic nitrogens is 1. The molecule has 2 heterocycles. The molecule has 0 saturated carbocycles.